The summed E-state index contributed by atoms with van der Waals surface area (Å²) in [5.41, 5.74) is 1.93. The zero-order chi connectivity index (χ0) is 18.8. The SMILES string of the molecule is COc1ccc(C(=O)N2CC[C@@H]3CN(Cc4ccccc4)[C@@H]3C2)c(OC)c1. The summed E-state index contributed by atoms with van der Waals surface area (Å²) in [6, 6.07) is 16.4. The van der Waals surface area contributed by atoms with E-state index in [1.807, 2.05) is 17.0 Å². The lowest BCUT2D eigenvalue weighted by Gasteiger charge is -2.53. The van der Waals surface area contributed by atoms with Gasteiger partial charge in [-0.25, -0.2) is 0 Å². The Morgan fingerprint density at radius 3 is 2.63 bits per heavy atom. The highest BCUT2D eigenvalue weighted by Gasteiger charge is 2.43. The van der Waals surface area contributed by atoms with Crippen molar-refractivity contribution in [2.75, 3.05) is 33.9 Å². The number of methoxy groups -OCH3 is 2. The summed E-state index contributed by atoms with van der Waals surface area (Å²) in [6.07, 6.45) is 1.07. The predicted molar refractivity (Wildman–Crippen MR) is 104 cm³/mol. The van der Waals surface area contributed by atoms with Crippen molar-refractivity contribution in [3.05, 3.63) is 59.7 Å². The van der Waals surface area contributed by atoms with Crippen LogP contribution >= 0.6 is 0 Å². The number of ether oxygens (including phenoxy) is 2. The van der Waals surface area contributed by atoms with Gasteiger partial charge in [0.1, 0.15) is 11.5 Å². The Bertz CT molecular complexity index is 808. The summed E-state index contributed by atoms with van der Waals surface area (Å²) in [5, 5.41) is 0. The number of nitrogens with zero attached hydrogens (tertiary/aromatic N) is 2. The molecule has 0 aliphatic carbocycles. The van der Waals surface area contributed by atoms with Gasteiger partial charge < -0.3 is 14.4 Å². The molecule has 2 aliphatic rings. The molecule has 0 radical (unpaired) electrons. The molecule has 2 fully saturated rings. The highest BCUT2D eigenvalue weighted by Crippen LogP contribution is 2.35. The molecule has 0 unspecified atom stereocenters. The number of amides is 1. The highest BCUT2D eigenvalue weighted by atomic mass is 16.5. The van der Waals surface area contributed by atoms with Crippen LogP contribution in [0.5, 0.6) is 11.5 Å². The van der Waals surface area contributed by atoms with E-state index < -0.39 is 0 Å². The molecule has 2 heterocycles. The third-order valence-corrected chi connectivity index (χ3v) is 5.81. The van der Waals surface area contributed by atoms with E-state index in [2.05, 4.69) is 29.2 Å². The topological polar surface area (TPSA) is 42.0 Å². The molecule has 5 nitrogen and oxygen atoms in total. The molecule has 1 amide bonds. The molecular formula is C22H26N2O3. The van der Waals surface area contributed by atoms with Crippen LogP contribution in [0.2, 0.25) is 0 Å². The normalized spacial score (nSPS) is 21.9. The number of hydrogen-bond donors (Lipinski definition) is 0. The van der Waals surface area contributed by atoms with Crippen LogP contribution in [0, 0.1) is 5.92 Å². The van der Waals surface area contributed by atoms with Crippen LogP contribution in [0.4, 0.5) is 0 Å². The average Bonchev–Trinajstić information content (AvgIpc) is 2.71. The molecule has 0 aromatic heterocycles. The summed E-state index contributed by atoms with van der Waals surface area (Å²) < 4.78 is 10.7. The van der Waals surface area contributed by atoms with Crippen molar-refractivity contribution in [3.8, 4) is 11.5 Å². The van der Waals surface area contributed by atoms with Crippen LogP contribution in [0.1, 0.15) is 22.3 Å². The van der Waals surface area contributed by atoms with Crippen molar-refractivity contribution < 1.29 is 14.3 Å². The number of likely N-dealkylation sites (tertiary alicyclic amines) is 2. The third kappa shape index (κ3) is 3.52. The Morgan fingerprint density at radius 2 is 1.89 bits per heavy atom. The van der Waals surface area contributed by atoms with Crippen molar-refractivity contribution in [1.82, 2.24) is 9.80 Å². The van der Waals surface area contributed by atoms with Gasteiger partial charge in [-0.1, -0.05) is 30.3 Å². The molecule has 2 saturated heterocycles. The molecule has 5 heteroatoms. The third-order valence-electron chi connectivity index (χ3n) is 5.81. The monoisotopic (exact) mass is 366 g/mol. The second-order valence-electron chi connectivity index (χ2n) is 7.35. The van der Waals surface area contributed by atoms with E-state index >= 15 is 0 Å². The van der Waals surface area contributed by atoms with Gasteiger partial charge in [-0.3, -0.25) is 9.69 Å². The molecule has 0 spiro atoms. The van der Waals surface area contributed by atoms with Crippen molar-refractivity contribution in [3.63, 3.8) is 0 Å². The average molecular weight is 366 g/mol. The molecule has 2 aliphatic heterocycles. The van der Waals surface area contributed by atoms with Gasteiger partial charge >= 0.3 is 0 Å². The van der Waals surface area contributed by atoms with Crippen molar-refractivity contribution in [1.29, 1.82) is 0 Å². The number of carbonyl (C=O) groups excluding carboxylic acids is 1. The van der Waals surface area contributed by atoms with Gasteiger partial charge in [0.05, 0.1) is 19.8 Å². The number of piperidine rings is 1. The lowest BCUT2D eigenvalue weighted by atomic mass is 9.81. The largest absolute Gasteiger partial charge is 0.497 e. The van der Waals surface area contributed by atoms with E-state index in [1.54, 1.807) is 26.4 Å². The summed E-state index contributed by atoms with van der Waals surface area (Å²) in [7, 11) is 3.20. The Labute approximate surface area is 160 Å². The Balaban J connectivity index is 1.45. The summed E-state index contributed by atoms with van der Waals surface area (Å²) in [6.45, 7) is 3.68. The van der Waals surface area contributed by atoms with Gasteiger partial charge in [-0.2, -0.15) is 0 Å². The standard InChI is InChI=1S/C22H26N2O3/c1-26-18-8-9-19(21(12-18)27-2)22(25)23-11-10-17-14-24(20(17)15-23)13-16-6-4-3-5-7-16/h3-9,12,17,20H,10-11,13-15H2,1-2H3/t17-,20-/m1/s1. The number of rotatable bonds is 5. The zero-order valence-corrected chi connectivity index (χ0v) is 15.9. The fourth-order valence-corrected chi connectivity index (χ4v) is 4.24. The smallest absolute Gasteiger partial charge is 0.257 e. The van der Waals surface area contributed by atoms with Crippen LogP contribution in [-0.4, -0.2) is 55.6 Å². The van der Waals surface area contributed by atoms with Gasteiger partial charge in [0.25, 0.3) is 5.91 Å². The van der Waals surface area contributed by atoms with Crippen molar-refractivity contribution >= 4 is 5.91 Å². The minimum atomic E-state index is 0.0412. The first-order chi connectivity index (χ1) is 13.2. The van der Waals surface area contributed by atoms with Gasteiger partial charge in [0.2, 0.25) is 0 Å². The molecule has 2 aromatic rings. The van der Waals surface area contributed by atoms with Gasteiger partial charge in [0.15, 0.2) is 0 Å². The summed E-state index contributed by atoms with van der Waals surface area (Å²) >= 11 is 0. The summed E-state index contributed by atoms with van der Waals surface area (Å²) in [5.74, 6) is 2.00. The minimum Gasteiger partial charge on any atom is -0.497 e. The number of benzene rings is 2. The van der Waals surface area contributed by atoms with E-state index in [1.165, 1.54) is 5.56 Å². The van der Waals surface area contributed by atoms with Crippen molar-refractivity contribution in [2.24, 2.45) is 5.92 Å². The minimum absolute atomic E-state index is 0.0412. The molecular weight excluding hydrogens is 340 g/mol. The van der Waals surface area contributed by atoms with Crippen LogP contribution in [0.25, 0.3) is 0 Å². The van der Waals surface area contributed by atoms with E-state index in [0.717, 1.165) is 32.6 Å². The quantitative estimate of drug-likeness (QED) is 0.816. The van der Waals surface area contributed by atoms with Crippen molar-refractivity contribution in [2.45, 2.75) is 19.0 Å². The van der Waals surface area contributed by atoms with Crippen LogP contribution in [0.15, 0.2) is 48.5 Å². The molecule has 0 N–H and O–H groups in total. The molecule has 2 aromatic carbocycles. The first kappa shape index (κ1) is 17.9. The maximum Gasteiger partial charge on any atom is 0.257 e. The number of carbonyl (C=O) groups is 1. The Morgan fingerprint density at radius 1 is 1.07 bits per heavy atom. The van der Waals surface area contributed by atoms with Crippen LogP contribution in [0.3, 0.4) is 0 Å². The number of hydrogen-bond acceptors (Lipinski definition) is 4. The highest BCUT2D eigenvalue weighted by molar-refractivity contribution is 5.97. The maximum atomic E-state index is 13.1. The second-order valence-corrected chi connectivity index (χ2v) is 7.35. The lowest BCUT2D eigenvalue weighted by Crippen LogP contribution is -2.64. The zero-order valence-electron chi connectivity index (χ0n) is 15.9. The summed E-state index contributed by atoms with van der Waals surface area (Å²) in [4.78, 5) is 17.6. The van der Waals surface area contributed by atoms with Crippen LogP contribution in [-0.2, 0) is 6.54 Å². The Hall–Kier alpha value is -2.53. The molecule has 2 atom stereocenters. The molecule has 0 saturated carbocycles. The van der Waals surface area contributed by atoms with Gasteiger partial charge in [-0.15, -0.1) is 0 Å². The predicted octanol–water partition coefficient (Wildman–Crippen LogP) is 3.05. The van der Waals surface area contributed by atoms with E-state index in [9.17, 15) is 4.79 Å². The molecule has 142 valence electrons. The molecule has 27 heavy (non-hydrogen) atoms. The van der Waals surface area contributed by atoms with E-state index in [4.69, 9.17) is 9.47 Å². The fourth-order valence-electron chi connectivity index (χ4n) is 4.24. The van der Waals surface area contributed by atoms with E-state index in [0.29, 0.717) is 29.0 Å². The van der Waals surface area contributed by atoms with Gasteiger partial charge in [-0.05, 0) is 30.0 Å². The van der Waals surface area contributed by atoms with E-state index in [-0.39, 0.29) is 5.91 Å². The Kier molecular flexibility index (Phi) is 5.03. The van der Waals surface area contributed by atoms with Crippen LogP contribution < -0.4 is 9.47 Å². The lowest BCUT2D eigenvalue weighted by molar-refractivity contribution is -0.0427. The molecule has 4 rings (SSSR count). The van der Waals surface area contributed by atoms with Gasteiger partial charge in [0, 0.05) is 38.3 Å². The number of fused-ring (bicyclic) bond motifs is 1. The first-order valence-corrected chi connectivity index (χ1v) is 9.49. The second kappa shape index (κ2) is 7.61. The molecule has 0 bridgehead atoms. The first-order valence-electron chi connectivity index (χ1n) is 9.49. The maximum absolute atomic E-state index is 13.1. The fraction of sp³-hybridized carbons (Fsp3) is 0.409.